The van der Waals surface area contributed by atoms with Gasteiger partial charge in [-0.2, -0.15) is 0 Å². The van der Waals surface area contributed by atoms with Crippen LogP contribution in [0.5, 0.6) is 0 Å². The molecule has 12 nitrogen and oxygen atoms in total. The number of epoxide rings is 4. The Bertz CT molecular complexity index is 740. The van der Waals surface area contributed by atoms with E-state index in [4.69, 9.17) is 37.9 Å². The number of rotatable bonds is 20. The van der Waals surface area contributed by atoms with Crippen LogP contribution in [0.4, 0.5) is 0 Å². The van der Waals surface area contributed by atoms with Crippen molar-refractivity contribution in [2.45, 2.75) is 75.8 Å². The lowest BCUT2D eigenvalue weighted by Gasteiger charge is -2.45. The normalized spacial score (nSPS) is 32.8. The average Bonchev–Trinajstić information content (AvgIpc) is 3.76. The summed E-state index contributed by atoms with van der Waals surface area (Å²) in [5.41, 5.74) is 0. The summed E-state index contributed by atoms with van der Waals surface area (Å²) in [6.45, 7) is 3.32. The molecule has 4 aliphatic heterocycles. The molecule has 0 aromatic carbocycles. The molecule has 4 unspecified atom stereocenters. The Balaban J connectivity index is 1.21. The molecule has 0 aromatic heterocycles. The number of hydrogen-bond donors (Lipinski definition) is 0. The fraction of sp³-hybridized carbons (Fsp3) is 0.857. The van der Waals surface area contributed by atoms with Gasteiger partial charge >= 0.3 is 23.9 Å². The van der Waals surface area contributed by atoms with Crippen molar-refractivity contribution in [1.82, 2.24) is 0 Å². The van der Waals surface area contributed by atoms with Gasteiger partial charge in [-0.3, -0.25) is 19.2 Å². The lowest BCUT2D eigenvalue weighted by Crippen LogP contribution is -2.61. The zero-order chi connectivity index (χ0) is 27.9. The van der Waals surface area contributed by atoms with E-state index in [9.17, 15) is 19.2 Å². The summed E-state index contributed by atoms with van der Waals surface area (Å²) in [7, 11) is 0. The number of hydrogen-bond acceptors (Lipinski definition) is 12. The third-order valence-electron chi connectivity index (χ3n) is 7.90. The Morgan fingerprint density at radius 1 is 0.425 bits per heavy atom. The van der Waals surface area contributed by atoms with Crippen molar-refractivity contribution in [2.75, 3.05) is 52.9 Å². The predicted octanol–water partition coefficient (Wildman–Crippen LogP) is 1.35. The van der Waals surface area contributed by atoms with Gasteiger partial charge in [0.2, 0.25) is 0 Å². The van der Waals surface area contributed by atoms with E-state index in [0.717, 1.165) is 25.7 Å². The van der Waals surface area contributed by atoms with Crippen molar-refractivity contribution in [3.63, 3.8) is 0 Å². The molecule has 0 spiro atoms. The van der Waals surface area contributed by atoms with Crippen LogP contribution in [0.2, 0.25) is 0 Å². The summed E-state index contributed by atoms with van der Waals surface area (Å²) >= 11 is 0. The van der Waals surface area contributed by atoms with Crippen molar-refractivity contribution >= 4 is 23.9 Å². The quantitative estimate of drug-likeness (QED) is 0.0901. The van der Waals surface area contributed by atoms with E-state index in [1.165, 1.54) is 0 Å². The standard InChI is InChI=1S/C28H40O12/c29-25(33-9-1-5-17-13-37-17)21-22(26(30)34-10-2-6-18-14-38-18)24(28(32)36-12-4-8-20-16-40-20)23(21)27(31)35-11-3-7-19-15-39-19/h17-24H,1-16H2. The fourth-order valence-corrected chi connectivity index (χ4v) is 5.18. The second-order valence-corrected chi connectivity index (χ2v) is 11.2. The molecule has 1 saturated carbocycles. The first-order valence-corrected chi connectivity index (χ1v) is 14.6. The largest absolute Gasteiger partial charge is 0.465 e. The zero-order valence-electron chi connectivity index (χ0n) is 22.8. The molecule has 0 radical (unpaired) electrons. The van der Waals surface area contributed by atoms with Crippen LogP contribution in [0.3, 0.4) is 0 Å². The molecule has 0 bridgehead atoms. The van der Waals surface area contributed by atoms with Crippen molar-refractivity contribution in [1.29, 1.82) is 0 Å². The van der Waals surface area contributed by atoms with Crippen molar-refractivity contribution < 1.29 is 57.1 Å². The lowest BCUT2D eigenvalue weighted by atomic mass is 9.56. The highest BCUT2D eigenvalue weighted by Gasteiger charge is 2.66. The van der Waals surface area contributed by atoms with Crippen LogP contribution < -0.4 is 0 Å². The average molecular weight is 569 g/mol. The van der Waals surface area contributed by atoms with E-state index >= 15 is 0 Å². The Hall–Kier alpha value is -2.28. The molecule has 0 N–H and O–H groups in total. The molecule has 0 aromatic rings. The molecule has 5 aliphatic rings. The molecule has 4 saturated heterocycles. The Kier molecular flexibility index (Phi) is 10.3. The van der Waals surface area contributed by atoms with Crippen LogP contribution in [0, 0.1) is 23.7 Å². The molecule has 40 heavy (non-hydrogen) atoms. The van der Waals surface area contributed by atoms with Gasteiger partial charge in [0.15, 0.2) is 0 Å². The van der Waals surface area contributed by atoms with Crippen LogP contribution in [-0.2, 0) is 57.1 Å². The topological polar surface area (TPSA) is 155 Å². The maximum Gasteiger partial charge on any atom is 0.310 e. The monoisotopic (exact) mass is 568 g/mol. The molecule has 4 heterocycles. The van der Waals surface area contributed by atoms with E-state index in [1.807, 2.05) is 0 Å². The Labute approximate surface area is 233 Å². The maximum absolute atomic E-state index is 13.2. The first-order valence-electron chi connectivity index (χ1n) is 14.6. The summed E-state index contributed by atoms with van der Waals surface area (Å²) in [4.78, 5) is 52.9. The molecule has 224 valence electrons. The van der Waals surface area contributed by atoms with Gasteiger partial charge in [0.05, 0.1) is 101 Å². The molecule has 0 amide bonds. The minimum atomic E-state index is -1.19. The highest BCUT2D eigenvalue weighted by molar-refractivity contribution is 5.97. The fourth-order valence-electron chi connectivity index (χ4n) is 5.18. The summed E-state index contributed by atoms with van der Waals surface area (Å²) in [6.07, 6.45) is 6.17. The molecule has 5 rings (SSSR count). The van der Waals surface area contributed by atoms with Gasteiger partial charge in [-0.05, 0) is 51.4 Å². The number of esters is 4. The first-order chi connectivity index (χ1) is 19.5. The van der Waals surface area contributed by atoms with Gasteiger partial charge < -0.3 is 37.9 Å². The molecule has 1 aliphatic carbocycles. The van der Waals surface area contributed by atoms with E-state index in [1.54, 1.807) is 0 Å². The Morgan fingerprint density at radius 2 is 0.625 bits per heavy atom. The van der Waals surface area contributed by atoms with Gasteiger partial charge in [-0.15, -0.1) is 0 Å². The number of carbonyl (C=O) groups is 4. The highest BCUT2D eigenvalue weighted by Crippen LogP contribution is 2.49. The predicted molar refractivity (Wildman–Crippen MR) is 134 cm³/mol. The SMILES string of the molecule is O=C(OCCCC1CO1)C1C(C(=O)OCCCC2CO2)C(C(=O)OCCCC2CO2)C1C(=O)OCCCC1CO1. The van der Waals surface area contributed by atoms with Gasteiger partial charge in [-0.1, -0.05) is 0 Å². The highest BCUT2D eigenvalue weighted by atomic mass is 16.6. The van der Waals surface area contributed by atoms with E-state index in [2.05, 4.69) is 0 Å². The van der Waals surface area contributed by atoms with E-state index in [0.29, 0.717) is 52.1 Å². The van der Waals surface area contributed by atoms with Gasteiger partial charge in [0, 0.05) is 0 Å². The molecule has 5 fully saturated rings. The molecular weight excluding hydrogens is 528 g/mol. The minimum absolute atomic E-state index is 0.125. The van der Waals surface area contributed by atoms with E-state index in [-0.39, 0.29) is 50.8 Å². The molecule has 12 heteroatoms. The van der Waals surface area contributed by atoms with Gasteiger partial charge in [-0.25, -0.2) is 0 Å². The molecule has 4 atom stereocenters. The van der Waals surface area contributed by atoms with Crippen LogP contribution >= 0.6 is 0 Å². The van der Waals surface area contributed by atoms with Gasteiger partial charge in [0.1, 0.15) is 0 Å². The second-order valence-electron chi connectivity index (χ2n) is 11.2. The number of ether oxygens (including phenoxy) is 8. The van der Waals surface area contributed by atoms with Crippen LogP contribution in [-0.4, -0.2) is 101 Å². The third kappa shape index (κ3) is 8.86. The minimum Gasteiger partial charge on any atom is -0.465 e. The summed E-state index contributed by atoms with van der Waals surface area (Å²) in [5.74, 6) is -7.61. The first kappa shape index (κ1) is 29.2. The second kappa shape index (κ2) is 14.1. The summed E-state index contributed by atoms with van der Waals surface area (Å²) in [6, 6.07) is 0. The van der Waals surface area contributed by atoms with E-state index < -0.39 is 47.5 Å². The number of carbonyl (C=O) groups excluding carboxylic acids is 4. The smallest absolute Gasteiger partial charge is 0.310 e. The summed E-state index contributed by atoms with van der Waals surface area (Å²) < 4.78 is 42.6. The Morgan fingerprint density at radius 3 is 0.800 bits per heavy atom. The molecular formula is C28H40O12. The van der Waals surface area contributed by atoms with Crippen molar-refractivity contribution in [2.24, 2.45) is 23.7 Å². The summed E-state index contributed by atoms with van der Waals surface area (Å²) in [5, 5.41) is 0. The maximum atomic E-state index is 13.2. The van der Waals surface area contributed by atoms with Crippen LogP contribution in [0.15, 0.2) is 0 Å². The zero-order valence-corrected chi connectivity index (χ0v) is 22.8. The van der Waals surface area contributed by atoms with Crippen molar-refractivity contribution in [3.05, 3.63) is 0 Å². The van der Waals surface area contributed by atoms with Crippen LogP contribution in [0.1, 0.15) is 51.4 Å². The third-order valence-corrected chi connectivity index (χ3v) is 7.90. The lowest BCUT2D eigenvalue weighted by molar-refractivity contribution is -0.200. The van der Waals surface area contributed by atoms with Crippen molar-refractivity contribution in [3.8, 4) is 0 Å². The van der Waals surface area contributed by atoms with Gasteiger partial charge in [0.25, 0.3) is 0 Å². The van der Waals surface area contributed by atoms with Crippen LogP contribution in [0.25, 0.3) is 0 Å².